The second-order valence-electron chi connectivity index (χ2n) is 4.75. The smallest absolute Gasteiger partial charge is 0.165 e. The quantitative estimate of drug-likeness (QED) is 0.880. The molecule has 106 valence electrons. The molecule has 1 aromatic carbocycles. The van der Waals surface area contributed by atoms with Gasteiger partial charge >= 0.3 is 0 Å². The third-order valence-corrected chi connectivity index (χ3v) is 3.16. The molecule has 0 bridgehead atoms. The number of rotatable bonds is 6. The van der Waals surface area contributed by atoms with E-state index in [1.54, 1.807) is 18.5 Å². The molecular formula is C16H19FN2O. The van der Waals surface area contributed by atoms with E-state index in [2.05, 4.69) is 4.98 Å². The normalized spacial score (nSPS) is 12.2. The summed E-state index contributed by atoms with van der Waals surface area (Å²) in [5, 5.41) is 0. The van der Waals surface area contributed by atoms with Crippen LogP contribution in [0.5, 0.6) is 5.75 Å². The molecule has 0 amide bonds. The molecule has 0 saturated carbocycles. The maximum Gasteiger partial charge on any atom is 0.165 e. The topological polar surface area (TPSA) is 48.1 Å². The lowest BCUT2D eigenvalue weighted by Gasteiger charge is -2.15. The number of nitrogens with zero attached hydrogens (tertiary/aromatic N) is 1. The molecular weight excluding hydrogens is 255 g/mol. The second kappa shape index (κ2) is 7.01. The molecule has 1 atom stereocenters. The van der Waals surface area contributed by atoms with Crippen molar-refractivity contribution in [2.24, 2.45) is 5.73 Å². The Hall–Kier alpha value is -1.94. The lowest BCUT2D eigenvalue weighted by Crippen LogP contribution is -2.22. The van der Waals surface area contributed by atoms with Crippen LogP contribution in [0, 0.1) is 5.82 Å². The van der Waals surface area contributed by atoms with E-state index < -0.39 is 0 Å². The molecule has 2 rings (SSSR count). The number of ether oxygens (including phenoxy) is 1. The van der Waals surface area contributed by atoms with Crippen LogP contribution in [0.1, 0.15) is 24.5 Å². The Morgan fingerprint density at radius 2 is 2.15 bits per heavy atom. The van der Waals surface area contributed by atoms with E-state index in [1.807, 2.05) is 25.1 Å². The Balaban J connectivity index is 2.13. The highest BCUT2D eigenvalue weighted by Gasteiger charge is 2.12. The van der Waals surface area contributed by atoms with Crippen molar-refractivity contribution in [2.75, 3.05) is 0 Å². The van der Waals surface area contributed by atoms with Gasteiger partial charge in [-0.05, 0) is 30.5 Å². The molecule has 4 heteroatoms. The average molecular weight is 274 g/mol. The number of hydrogen-bond acceptors (Lipinski definition) is 3. The van der Waals surface area contributed by atoms with Crippen LogP contribution in [0.2, 0.25) is 0 Å². The van der Waals surface area contributed by atoms with Gasteiger partial charge in [-0.25, -0.2) is 4.39 Å². The zero-order valence-electron chi connectivity index (χ0n) is 11.6. The van der Waals surface area contributed by atoms with Crippen molar-refractivity contribution in [3.8, 4) is 5.75 Å². The van der Waals surface area contributed by atoms with Crippen molar-refractivity contribution in [2.45, 2.75) is 32.4 Å². The Kier molecular flexibility index (Phi) is 5.07. The van der Waals surface area contributed by atoms with Crippen molar-refractivity contribution in [3.05, 3.63) is 59.7 Å². The minimum Gasteiger partial charge on any atom is -0.485 e. The zero-order valence-corrected chi connectivity index (χ0v) is 11.6. The summed E-state index contributed by atoms with van der Waals surface area (Å²) in [6.07, 6.45) is 4.85. The van der Waals surface area contributed by atoms with E-state index >= 15 is 0 Å². The summed E-state index contributed by atoms with van der Waals surface area (Å²) in [7, 11) is 0. The first-order valence-corrected chi connectivity index (χ1v) is 6.75. The number of halogens is 1. The van der Waals surface area contributed by atoms with Gasteiger partial charge in [-0.2, -0.15) is 0 Å². The van der Waals surface area contributed by atoms with Crippen LogP contribution in [-0.2, 0) is 13.0 Å². The number of aromatic nitrogens is 1. The van der Waals surface area contributed by atoms with E-state index in [0.717, 1.165) is 17.5 Å². The fourth-order valence-electron chi connectivity index (χ4n) is 1.94. The standard InChI is InChI=1S/C16H19FN2O/c1-2-14(18)9-13-6-3-7-15(17)16(13)20-11-12-5-4-8-19-10-12/h3-8,10,14H,2,9,11,18H2,1H3. The Morgan fingerprint density at radius 3 is 2.85 bits per heavy atom. The predicted octanol–water partition coefficient (Wildman–Crippen LogP) is 3.08. The van der Waals surface area contributed by atoms with Gasteiger partial charge in [-0.1, -0.05) is 25.1 Å². The van der Waals surface area contributed by atoms with Crippen LogP contribution in [0.25, 0.3) is 0 Å². The largest absolute Gasteiger partial charge is 0.485 e. The fourth-order valence-corrected chi connectivity index (χ4v) is 1.94. The second-order valence-corrected chi connectivity index (χ2v) is 4.75. The van der Waals surface area contributed by atoms with Gasteiger partial charge in [0, 0.05) is 24.0 Å². The molecule has 0 radical (unpaired) electrons. The Labute approximate surface area is 118 Å². The number of para-hydroxylation sites is 1. The van der Waals surface area contributed by atoms with Crippen LogP contribution in [0.15, 0.2) is 42.7 Å². The highest BCUT2D eigenvalue weighted by molar-refractivity contribution is 5.35. The maximum atomic E-state index is 13.9. The first kappa shape index (κ1) is 14.5. The molecule has 0 aliphatic carbocycles. The van der Waals surface area contributed by atoms with Crippen LogP contribution < -0.4 is 10.5 Å². The molecule has 20 heavy (non-hydrogen) atoms. The van der Waals surface area contributed by atoms with Gasteiger partial charge in [0.05, 0.1) is 0 Å². The highest BCUT2D eigenvalue weighted by Crippen LogP contribution is 2.25. The van der Waals surface area contributed by atoms with Crippen LogP contribution >= 0.6 is 0 Å². The van der Waals surface area contributed by atoms with E-state index in [1.165, 1.54) is 6.07 Å². The van der Waals surface area contributed by atoms with Crippen molar-refractivity contribution in [3.63, 3.8) is 0 Å². The predicted molar refractivity (Wildman–Crippen MR) is 76.9 cm³/mol. The van der Waals surface area contributed by atoms with Gasteiger partial charge in [0.1, 0.15) is 6.61 Å². The summed E-state index contributed by atoms with van der Waals surface area (Å²) in [6, 6.07) is 8.68. The third-order valence-electron chi connectivity index (χ3n) is 3.16. The first-order chi connectivity index (χ1) is 9.70. The molecule has 0 aliphatic rings. The maximum absolute atomic E-state index is 13.9. The summed E-state index contributed by atoms with van der Waals surface area (Å²) in [5.74, 6) is -0.0602. The third kappa shape index (κ3) is 3.78. The summed E-state index contributed by atoms with van der Waals surface area (Å²) < 4.78 is 19.6. The molecule has 1 heterocycles. The molecule has 3 nitrogen and oxygen atoms in total. The van der Waals surface area contributed by atoms with Crippen molar-refractivity contribution >= 4 is 0 Å². The van der Waals surface area contributed by atoms with Gasteiger partial charge < -0.3 is 10.5 Å². The Bertz CT molecular complexity index is 545. The summed E-state index contributed by atoms with van der Waals surface area (Å²) in [6.45, 7) is 2.31. The molecule has 0 saturated heterocycles. The van der Waals surface area contributed by atoms with Crippen molar-refractivity contribution in [1.29, 1.82) is 0 Å². The van der Waals surface area contributed by atoms with Gasteiger partial charge in [0.15, 0.2) is 11.6 Å². The summed E-state index contributed by atoms with van der Waals surface area (Å²) in [4.78, 5) is 4.01. The monoisotopic (exact) mass is 274 g/mol. The van der Waals surface area contributed by atoms with Gasteiger partial charge in [-0.3, -0.25) is 4.98 Å². The molecule has 1 aromatic heterocycles. The first-order valence-electron chi connectivity index (χ1n) is 6.75. The molecule has 0 fully saturated rings. The summed E-state index contributed by atoms with van der Waals surface area (Å²) >= 11 is 0. The van der Waals surface area contributed by atoms with E-state index in [-0.39, 0.29) is 11.9 Å². The minimum atomic E-state index is -0.352. The average Bonchev–Trinajstić information content (AvgIpc) is 2.47. The zero-order chi connectivity index (χ0) is 14.4. The SMILES string of the molecule is CCC(N)Cc1cccc(F)c1OCc1cccnc1. The van der Waals surface area contributed by atoms with Gasteiger partial charge in [0.2, 0.25) is 0 Å². The number of nitrogens with two attached hydrogens (primary N) is 1. The Morgan fingerprint density at radius 1 is 1.30 bits per heavy atom. The lowest BCUT2D eigenvalue weighted by atomic mass is 10.0. The van der Waals surface area contributed by atoms with E-state index in [4.69, 9.17) is 10.5 Å². The van der Waals surface area contributed by atoms with E-state index in [0.29, 0.717) is 18.8 Å². The molecule has 0 aliphatic heterocycles. The van der Waals surface area contributed by atoms with Gasteiger partial charge in [0.25, 0.3) is 0 Å². The van der Waals surface area contributed by atoms with Crippen molar-refractivity contribution in [1.82, 2.24) is 4.98 Å². The van der Waals surface area contributed by atoms with Crippen LogP contribution in [-0.4, -0.2) is 11.0 Å². The minimum absolute atomic E-state index is 0.0116. The summed E-state index contributed by atoms with van der Waals surface area (Å²) in [5.41, 5.74) is 7.66. The molecule has 2 aromatic rings. The van der Waals surface area contributed by atoms with Gasteiger partial charge in [-0.15, -0.1) is 0 Å². The molecule has 1 unspecified atom stereocenters. The lowest BCUT2D eigenvalue weighted by molar-refractivity contribution is 0.285. The fraction of sp³-hybridized carbons (Fsp3) is 0.312. The molecule has 0 spiro atoms. The van der Waals surface area contributed by atoms with Crippen molar-refractivity contribution < 1.29 is 9.13 Å². The molecule has 2 N–H and O–H groups in total. The highest BCUT2D eigenvalue weighted by atomic mass is 19.1. The number of benzene rings is 1. The van der Waals surface area contributed by atoms with E-state index in [9.17, 15) is 4.39 Å². The van der Waals surface area contributed by atoms with Crippen LogP contribution in [0.3, 0.4) is 0 Å². The number of pyridine rings is 1. The number of hydrogen-bond donors (Lipinski definition) is 1. The van der Waals surface area contributed by atoms with Crippen LogP contribution in [0.4, 0.5) is 4.39 Å².